The second-order valence-corrected chi connectivity index (χ2v) is 6.32. The molecule has 0 amide bonds. The van der Waals surface area contributed by atoms with Gasteiger partial charge >= 0.3 is 5.97 Å². The Morgan fingerprint density at radius 3 is 2.90 bits per heavy atom. The minimum atomic E-state index is -0.557. The maximum absolute atomic E-state index is 12.2. The zero-order valence-corrected chi connectivity index (χ0v) is 12.2. The number of carbonyl (C=O) groups is 2. The lowest BCUT2D eigenvalue weighted by Crippen LogP contribution is -2.35. The fourth-order valence-corrected chi connectivity index (χ4v) is 4.24. The number of fused-ring (bicyclic) bond motifs is 3. The summed E-state index contributed by atoms with van der Waals surface area (Å²) in [6.07, 6.45) is 8.31. The van der Waals surface area contributed by atoms with Gasteiger partial charge in [-0.2, -0.15) is 0 Å². The molecule has 0 N–H and O–H groups in total. The van der Waals surface area contributed by atoms with Gasteiger partial charge in [-0.3, -0.25) is 9.59 Å². The summed E-state index contributed by atoms with van der Waals surface area (Å²) in [5.74, 6) is 0.328. The van der Waals surface area contributed by atoms with Crippen LogP contribution in [0.25, 0.3) is 0 Å². The summed E-state index contributed by atoms with van der Waals surface area (Å²) in [5, 5.41) is 0. The Morgan fingerprint density at radius 2 is 2.15 bits per heavy atom. The second kappa shape index (κ2) is 5.19. The molecular formula is C17H22O3. The summed E-state index contributed by atoms with van der Waals surface area (Å²) >= 11 is 0. The third-order valence-corrected chi connectivity index (χ3v) is 5.14. The zero-order valence-electron chi connectivity index (χ0n) is 12.2. The first-order valence-corrected chi connectivity index (χ1v) is 7.69. The standard InChI is InChI=1S/C17H22O3/c1-3-20-17(19)16-13-7-5-11-8-10(2)4-6-12(11)14(13)9-15(16)18/h4,9,11-13,16H,3,5-8H2,1-2H3/t11-,12-,13+,16-/m1/s1. The van der Waals surface area contributed by atoms with Crippen LogP contribution in [0.15, 0.2) is 23.3 Å². The van der Waals surface area contributed by atoms with Gasteiger partial charge in [0.2, 0.25) is 0 Å². The molecule has 1 saturated carbocycles. The summed E-state index contributed by atoms with van der Waals surface area (Å²) in [7, 11) is 0. The molecule has 3 aliphatic carbocycles. The van der Waals surface area contributed by atoms with Crippen LogP contribution in [0.3, 0.4) is 0 Å². The van der Waals surface area contributed by atoms with E-state index >= 15 is 0 Å². The van der Waals surface area contributed by atoms with E-state index in [1.165, 1.54) is 11.1 Å². The van der Waals surface area contributed by atoms with Gasteiger partial charge in [0.05, 0.1) is 6.61 Å². The Morgan fingerprint density at radius 1 is 1.35 bits per heavy atom. The molecule has 1 fully saturated rings. The molecular weight excluding hydrogens is 252 g/mol. The molecule has 0 saturated heterocycles. The van der Waals surface area contributed by atoms with Crippen LogP contribution in [0.1, 0.15) is 39.5 Å². The maximum Gasteiger partial charge on any atom is 0.317 e. The van der Waals surface area contributed by atoms with Crippen LogP contribution in [0.2, 0.25) is 0 Å². The van der Waals surface area contributed by atoms with Crippen LogP contribution < -0.4 is 0 Å². The first-order valence-electron chi connectivity index (χ1n) is 7.69. The summed E-state index contributed by atoms with van der Waals surface area (Å²) in [6, 6.07) is 0. The highest BCUT2D eigenvalue weighted by molar-refractivity contribution is 6.08. The number of carbonyl (C=O) groups excluding carboxylic acids is 2. The molecule has 3 rings (SSSR count). The third kappa shape index (κ3) is 2.13. The lowest BCUT2D eigenvalue weighted by molar-refractivity contribution is -0.152. The van der Waals surface area contributed by atoms with Crippen molar-refractivity contribution < 1.29 is 14.3 Å². The Hall–Kier alpha value is -1.38. The molecule has 0 radical (unpaired) electrons. The lowest BCUT2D eigenvalue weighted by atomic mass is 9.64. The first-order chi connectivity index (χ1) is 9.61. The minimum absolute atomic E-state index is 0.0321. The maximum atomic E-state index is 12.2. The highest BCUT2D eigenvalue weighted by Gasteiger charge is 2.48. The van der Waals surface area contributed by atoms with Crippen molar-refractivity contribution in [1.82, 2.24) is 0 Å². The normalized spacial score (nSPS) is 35.8. The molecule has 3 nitrogen and oxygen atoms in total. The van der Waals surface area contributed by atoms with Crippen molar-refractivity contribution in [2.24, 2.45) is 23.7 Å². The first kappa shape index (κ1) is 13.6. The van der Waals surface area contributed by atoms with Crippen molar-refractivity contribution in [3.63, 3.8) is 0 Å². The van der Waals surface area contributed by atoms with Crippen LogP contribution in [0.5, 0.6) is 0 Å². The fraction of sp³-hybridized carbons (Fsp3) is 0.647. The molecule has 0 aliphatic heterocycles. The molecule has 0 aromatic rings. The molecule has 20 heavy (non-hydrogen) atoms. The van der Waals surface area contributed by atoms with Crippen molar-refractivity contribution in [2.75, 3.05) is 6.61 Å². The van der Waals surface area contributed by atoms with E-state index in [0.29, 0.717) is 18.4 Å². The molecule has 0 aromatic carbocycles. The average molecular weight is 274 g/mol. The van der Waals surface area contributed by atoms with Gasteiger partial charge in [0.25, 0.3) is 0 Å². The van der Waals surface area contributed by atoms with Gasteiger partial charge in [-0.1, -0.05) is 17.2 Å². The summed E-state index contributed by atoms with van der Waals surface area (Å²) in [4.78, 5) is 24.2. The van der Waals surface area contributed by atoms with Crippen molar-refractivity contribution in [3.05, 3.63) is 23.3 Å². The van der Waals surface area contributed by atoms with E-state index in [1.54, 1.807) is 13.0 Å². The van der Waals surface area contributed by atoms with E-state index in [1.807, 2.05) is 0 Å². The molecule has 0 bridgehead atoms. The Kier molecular flexibility index (Phi) is 3.53. The van der Waals surface area contributed by atoms with Crippen molar-refractivity contribution in [1.29, 1.82) is 0 Å². The van der Waals surface area contributed by atoms with Crippen molar-refractivity contribution >= 4 is 11.8 Å². The van der Waals surface area contributed by atoms with E-state index in [0.717, 1.165) is 25.7 Å². The number of hydrogen-bond donors (Lipinski definition) is 0. The minimum Gasteiger partial charge on any atom is -0.465 e. The summed E-state index contributed by atoms with van der Waals surface area (Å²) in [5.41, 5.74) is 2.70. The SMILES string of the molecule is CCOC(=O)[C@H]1C(=O)C=C2[C@@H]3CC=C(C)C[C@H]3CC[C@@H]21. The van der Waals surface area contributed by atoms with Gasteiger partial charge in [0.1, 0.15) is 5.92 Å². The van der Waals surface area contributed by atoms with Crippen LogP contribution in [-0.2, 0) is 14.3 Å². The number of allylic oxidation sites excluding steroid dienone is 4. The Labute approximate surface area is 120 Å². The van der Waals surface area contributed by atoms with Crippen molar-refractivity contribution in [3.8, 4) is 0 Å². The number of ether oxygens (including phenoxy) is 1. The zero-order chi connectivity index (χ0) is 14.3. The van der Waals surface area contributed by atoms with Gasteiger partial charge in [-0.15, -0.1) is 0 Å². The molecule has 4 atom stereocenters. The van der Waals surface area contributed by atoms with Gasteiger partial charge in [0.15, 0.2) is 5.78 Å². The van der Waals surface area contributed by atoms with E-state index in [2.05, 4.69) is 13.0 Å². The predicted molar refractivity (Wildman–Crippen MR) is 75.9 cm³/mol. The second-order valence-electron chi connectivity index (χ2n) is 6.32. The Balaban J connectivity index is 1.83. The van der Waals surface area contributed by atoms with Crippen molar-refractivity contribution in [2.45, 2.75) is 39.5 Å². The average Bonchev–Trinajstić information content (AvgIpc) is 2.75. The van der Waals surface area contributed by atoms with Gasteiger partial charge < -0.3 is 4.74 Å². The molecule has 3 aliphatic rings. The molecule has 3 heteroatoms. The van der Waals surface area contributed by atoms with E-state index in [9.17, 15) is 9.59 Å². The molecule has 0 aromatic heterocycles. The number of hydrogen-bond acceptors (Lipinski definition) is 3. The smallest absolute Gasteiger partial charge is 0.317 e. The molecule has 108 valence electrons. The van der Waals surface area contributed by atoms with E-state index in [-0.39, 0.29) is 17.7 Å². The van der Waals surface area contributed by atoms with Crippen LogP contribution in [0.4, 0.5) is 0 Å². The quantitative estimate of drug-likeness (QED) is 0.441. The predicted octanol–water partition coefficient (Wildman–Crippen LogP) is 3.06. The Bertz CT molecular complexity index is 500. The molecule has 0 unspecified atom stereocenters. The lowest BCUT2D eigenvalue weighted by Gasteiger charge is -2.40. The van der Waals surface area contributed by atoms with Gasteiger partial charge in [-0.05, 0) is 57.4 Å². The van der Waals surface area contributed by atoms with E-state index in [4.69, 9.17) is 4.74 Å². The summed E-state index contributed by atoms with van der Waals surface area (Å²) < 4.78 is 5.09. The van der Waals surface area contributed by atoms with Gasteiger partial charge in [0, 0.05) is 5.92 Å². The highest BCUT2D eigenvalue weighted by Crippen LogP contribution is 2.50. The largest absolute Gasteiger partial charge is 0.465 e. The van der Waals surface area contributed by atoms with Crippen LogP contribution in [0, 0.1) is 23.7 Å². The molecule has 0 spiro atoms. The topological polar surface area (TPSA) is 43.4 Å². The molecule has 0 heterocycles. The monoisotopic (exact) mass is 274 g/mol. The fourth-order valence-electron chi connectivity index (χ4n) is 4.24. The van der Waals surface area contributed by atoms with E-state index < -0.39 is 5.92 Å². The number of esters is 1. The third-order valence-electron chi connectivity index (χ3n) is 5.14. The van der Waals surface area contributed by atoms with Gasteiger partial charge in [-0.25, -0.2) is 0 Å². The number of ketones is 1. The van der Waals surface area contributed by atoms with Crippen LogP contribution >= 0.6 is 0 Å². The summed E-state index contributed by atoms with van der Waals surface area (Å²) in [6.45, 7) is 4.33. The number of rotatable bonds is 2. The highest BCUT2D eigenvalue weighted by atomic mass is 16.5. The van der Waals surface area contributed by atoms with Crippen LogP contribution in [-0.4, -0.2) is 18.4 Å².